The van der Waals surface area contributed by atoms with E-state index in [1.807, 2.05) is 0 Å². The lowest BCUT2D eigenvalue weighted by atomic mass is 10.2. The van der Waals surface area contributed by atoms with Gasteiger partial charge in [-0.25, -0.2) is 0 Å². The van der Waals surface area contributed by atoms with Gasteiger partial charge < -0.3 is 15.7 Å². The van der Waals surface area contributed by atoms with Gasteiger partial charge in [-0.05, 0) is 12.8 Å². The maximum absolute atomic E-state index is 11.5. The minimum absolute atomic E-state index is 0.161. The lowest BCUT2D eigenvalue weighted by Crippen LogP contribution is -2.43. The topological polar surface area (TPSA) is 95.5 Å². The van der Waals surface area contributed by atoms with Crippen molar-refractivity contribution >= 4 is 28.9 Å². The quantitative estimate of drug-likeness (QED) is 0.582. The van der Waals surface area contributed by atoms with Crippen molar-refractivity contribution in [1.82, 2.24) is 10.6 Å². The number of aliphatic carboxylic acids is 1. The van der Waals surface area contributed by atoms with E-state index in [4.69, 9.17) is 5.11 Å². The van der Waals surface area contributed by atoms with E-state index in [1.54, 1.807) is 0 Å². The Balaban J connectivity index is 2.01. The smallest absolute Gasteiger partial charge is 0.303 e. The van der Waals surface area contributed by atoms with Crippen LogP contribution < -0.4 is 10.6 Å². The van der Waals surface area contributed by atoms with Crippen LogP contribution in [-0.2, 0) is 9.59 Å². The monoisotopic (exact) mass is 260 g/mol. The van der Waals surface area contributed by atoms with Gasteiger partial charge in [0.05, 0.1) is 0 Å². The van der Waals surface area contributed by atoms with Crippen molar-refractivity contribution in [2.45, 2.75) is 31.7 Å². The number of carboxylic acids is 1. The Morgan fingerprint density at radius 1 is 1.41 bits per heavy atom. The SMILES string of the molecule is O=C(O)CCCCCNC(=O)C1CSC(=O)N1. The molecule has 6 nitrogen and oxygen atoms in total. The predicted molar refractivity (Wildman–Crippen MR) is 63.9 cm³/mol. The first-order valence-electron chi connectivity index (χ1n) is 5.52. The first kappa shape index (κ1) is 13.8. The Bertz CT molecular complexity index is 309. The summed E-state index contributed by atoms with van der Waals surface area (Å²) in [7, 11) is 0. The Morgan fingerprint density at radius 3 is 2.76 bits per heavy atom. The molecule has 1 heterocycles. The van der Waals surface area contributed by atoms with Crippen LogP contribution in [0.3, 0.4) is 0 Å². The molecule has 0 spiro atoms. The minimum atomic E-state index is -0.792. The summed E-state index contributed by atoms with van der Waals surface area (Å²) in [5.41, 5.74) is 0. The van der Waals surface area contributed by atoms with E-state index in [2.05, 4.69) is 10.6 Å². The summed E-state index contributed by atoms with van der Waals surface area (Å²) in [5.74, 6) is -0.481. The molecule has 0 saturated carbocycles. The zero-order valence-electron chi connectivity index (χ0n) is 9.40. The Morgan fingerprint density at radius 2 is 2.18 bits per heavy atom. The van der Waals surface area contributed by atoms with Crippen LogP contribution >= 0.6 is 11.8 Å². The van der Waals surface area contributed by atoms with Crippen LogP contribution in [-0.4, -0.2) is 40.6 Å². The van der Waals surface area contributed by atoms with E-state index < -0.39 is 12.0 Å². The number of rotatable bonds is 7. The largest absolute Gasteiger partial charge is 0.481 e. The van der Waals surface area contributed by atoms with Gasteiger partial charge in [-0.15, -0.1) is 0 Å². The first-order chi connectivity index (χ1) is 8.09. The Hall–Kier alpha value is -1.24. The van der Waals surface area contributed by atoms with Gasteiger partial charge >= 0.3 is 5.97 Å². The maximum Gasteiger partial charge on any atom is 0.303 e. The Kier molecular flexibility index (Phi) is 5.82. The molecule has 0 aromatic rings. The summed E-state index contributed by atoms with van der Waals surface area (Å²) in [6.07, 6.45) is 2.33. The van der Waals surface area contributed by atoms with E-state index in [1.165, 1.54) is 0 Å². The van der Waals surface area contributed by atoms with E-state index in [0.29, 0.717) is 18.7 Å². The molecule has 3 N–H and O–H groups in total. The van der Waals surface area contributed by atoms with Gasteiger partial charge in [-0.1, -0.05) is 18.2 Å². The van der Waals surface area contributed by atoms with Gasteiger partial charge in [-0.3, -0.25) is 14.4 Å². The summed E-state index contributed by atoms with van der Waals surface area (Å²) in [6.45, 7) is 0.523. The Labute approximate surface area is 104 Å². The van der Waals surface area contributed by atoms with E-state index in [0.717, 1.165) is 24.6 Å². The number of nitrogens with one attached hydrogen (secondary N) is 2. The van der Waals surface area contributed by atoms with Crippen molar-refractivity contribution in [1.29, 1.82) is 0 Å². The normalized spacial score (nSPS) is 18.8. The third-order valence-corrected chi connectivity index (χ3v) is 3.24. The van der Waals surface area contributed by atoms with E-state index in [-0.39, 0.29) is 17.6 Å². The van der Waals surface area contributed by atoms with Gasteiger partial charge in [-0.2, -0.15) is 0 Å². The predicted octanol–water partition coefficient (Wildman–Crippen LogP) is 0.573. The average molecular weight is 260 g/mol. The van der Waals surface area contributed by atoms with Crippen LogP contribution in [0.25, 0.3) is 0 Å². The maximum atomic E-state index is 11.5. The lowest BCUT2D eigenvalue weighted by molar-refractivity contribution is -0.137. The molecule has 1 unspecified atom stereocenters. The van der Waals surface area contributed by atoms with Crippen LogP contribution in [0.4, 0.5) is 4.79 Å². The minimum Gasteiger partial charge on any atom is -0.481 e. The van der Waals surface area contributed by atoms with E-state index in [9.17, 15) is 14.4 Å². The zero-order chi connectivity index (χ0) is 12.7. The van der Waals surface area contributed by atoms with Crippen molar-refractivity contribution in [3.63, 3.8) is 0 Å². The highest BCUT2D eigenvalue weighted by Crippen LogP contribution is 2.12. The second-order valence-electron chi connectivity index (χ2n) is 3.79. The molecule has 1 saturated heterocycles. The standard InChI is InChI=1S/C10H16N2O4S/c13-8(14)4-2-1-3-5-11-9(15)7-6-17-10(16)12-7/h7H,1-6H2,(H,11,15)(H,12,16)(H,13,14). The molecule has 1 aliphatic heterocycles. The second kappa shape index (κ2) is 7.16. The van der Waals surface area contributed by atoms with Gasteiger partial charge in [0.15, 0.2) is 0 Å². The van der Waals surface area contributed by atoms with Gasteiger partial charge in [0, 0.05) is 18.7 Å². The summed E-state index contributed by atoms with van der Waals surface area (Å²) in [5, 5.41) is 13.5. The van der Waals surface area contributed by atoms with Crippen LogP contribution in [0.5, 0.6) is 0 Å². The summed E-state index contributed by atoms with van der Waals surface area (Å²) in [4.78, 5) is 32.6. The van der Waals surface area contributed by atoms with Crippen molar-refractivity contribution in [2.75, 3.05) is 12.3 Å². The van der Waals surface area contributed by atoms with E-state index >= 15 is 0 Å². The number of hydrogen-bond donors (Lipinski definition) is 3. The first-order valence-corrected chi connectivity index (χ1v) is 6.51. The summed E-state index contributed by atoms with van der Waals surface area (Å²) in [6, 6.07) is -0.425. The van der Waals surface area contributed by atoms with Gasteiger partial charge in [0.1, 0.15) is 6.04 Å². The van der Waals surface area contributed by atoms with Crippen LogP contribution in [0.1, 0.15) is 25.7 Å². The number of hydrogen-bond acceptors (Lipinski definition) is 4. The molecule has 0 radical (unpaired) electrons. The molecule has 0 bridgehead atoms. The molecule has 96 valence electrons. The molecule has 1 rings (SSSR count). The highest BCUT2D eigenvalue weighted by atomic mass is 32.2. The van der Waals surface area contributed by atoms with Gasteiger partial charge in [0.25, 0.3) is 5.24 Å². The van der Waals surface area contributed by atoms with Crippen LogP contribution in [0.15, 0.2) is 0 Å². The van der Waals surface area contributed by atoms with Crippen molar-refractivity contribution in [2.24, 2.45) is 0 Å². The third-order valence-electron chi connectivity index (χ3n) is 2.36. The fourth-order valence-corrected chi connectivity index (χ4v) is 2.22. The van der Waals surface area contributed by atoms with Crippen molar-refractivity contribution in [3.05, 3.63) is 0 Å². The number of carboxylic acid groups (broad SMARTS) is 1. The summed E-state index contributed by atoms with van der Waals surface area (Å²) >= 11 is 1.11. The fraction of sp³-hybridized carbons (Fsp3) is 0.700. The highest BCUT2D eigenvalue weighted by Gasteiger charge is 2.27. The fourth-order valence-electron chi connectivity index (χ4n) is 1.44. The van der Waals surface area contributed by atoms with Crippen LogP contribution in [0, 0.1) is 0 Å². The number of amides is 2. The third kappa shape index (κ3) is 5.58. The summed E-state index contributed by atoms with van der Waals surface area (Å²) < 4.78 is 0. The molecule has 7 heteroatoms. The molecule has 1 fully saturated rings. The molecule has 2 amide bonds. The average Bonchev–Trinajstić information content (AvgIpc) is 2.69. The molecule has 0 aromatic carbocycles. The van der Waals surface area contributed by atoms with Crippen LogP contribution in [0.2, 0.25) is 0 Å². The number of thioether (sulfide) groups is 1. The zero-order valence-corrected chi connectivity index (χ0v) is 10.2. The molecular weight excluding hydrogens is 244 g/mol. The molecule has 0 aromatic heterocycles. The van der Waals surface area contributed by atoms with Crippen molar-refractivity contribution in [3.8, 4) is 0 Å². The number of carbonyl (C=O) groups excluding carboxylic acids is 2. The molecular formula is C10H16N2O4S. The molecule has 1 atom stereocenters. The number of unbranched alkanes of at least 4 members (excludes halogenated alkanes) is 2. The molecule has 0 aliphatic carbocycles. The molecule has 17 heavy (non-hydrogen) atoms. The lowest BCUT2D eigenvalue weighted by Gasteiger charge is -2.09. The number of carbonyl (C=O) groups is 3. The molecule has 1 aliphatic rings. The second-order valence-corrected chi connectivity index (χ2v) is 4.78. The van der Waals surface area contributed by atoms with Gasteiger partial charge in [0.2, 0.25) is 5.91 Å². The highest BCUT2D eigenvalue weighted by molar-refractivity contribution is 8.14. The van der Waals surface area contributed by atoms with Crippen molar-refractivity contribution < 1.29 is 19.5 Å².